The summed E-state index contributed by atoms with van der Waals surface area (Å²) >= 11 is 0. The van der Waals surface area contributed by atoms with Crippen LogP contribution in [0.15, 0.2) is 66.4 Å². The van der Waals surface area contributed by atoms with Gasteiger partial charge in [-0.3, -0.25) is 4.79 Å². The van der Waals surface area contributed by atoms with E-state index in [2.05, 4.69) is 0 Å². The van der Waals surface area contributed by atoms with Crippen molar-refractivity contribution in [2.75, 3.05) is 14.2 Å². The van der Waals surface area contributed by atoms with E-state index in [0.717, 1.165) is 5.56 Å². The largest absolute Gasteiger partial charge is 0.493 e. The molecule has 0 N–H and O–H groups in total. The highest BCUT2D eigenvalue weighted by atomic mass is 16.5. The molecule has 4 rings (SSSR count). The van der Waals surface area contributed by atoms with E-state index in [9.17, 15) is 9.59 Å². The minimum Gasteiger partial charge on any atom is -0.493 e. The molecule has 3 aromatic rings. The lowest BCUT2D eigenvalue weighted by atomic mass is 10.1. The number of rotatable bonds is 5. The van der Waals surface area contributed by atoms with Gasteiger partial charge in [0.05, 0.1) is 25.3 Å². The topological polar surface area (TPSA) is 71.1 Å². The first-order chi connectivity index (χ1) is 15.0. The molecule has 0 spiro atoms. The zero-order chi connectivity index (χ0) is 22.0. The lowest BCUT2D eigenvalue weighted by Gasteiger charge is -2.10. The number of carbonyl (C=O) groups excluding carboxylic acids is 2. The van der Waals surface area contributed by atoms with E-state index in [-0.39, 0.29) is 11.5 Å². The van der Waals surface area contributed by atoms with Gasteiger partial charge >= 0.3 is 5.97 Å². The van der Waals surface area contributed by atoms with Crippen LogP contribution in [0.1, 0.15) is 31.8 Å². The summed E-state index contributed by atoms with van der Waals surface area (Å²) < 4.78 is 21.9. The molecule has 31 heavy (non-hydrogen) atoms. The highest BCUT2D eigenvalue weighted by Crippen LogP contribution is 2.40. The zero-order valence-electron chi connectivity index (χ0n) is 17.3. The first kappa shape index (κ1) is 20.2. The van der Waals surface area contributed by atoms with Crippen molar-refractivity contribution in [3.05, 3.63) is 88.7 Å². The number of fused-ring (bicyclic) bond motifs is 1. The first-order valence-electron chi connectivity index (χ1n) is 9.59. The van der Waals surface area contributed by atoms with E-state index in [4.69, 9.17) is 18.9 Å². The Kier molecular flexibility index (Phi) is 5.45. The van der Waals surface area contributed by atoms with E-state index in [0.29, 0.717) is 39.7 Å². The summed E-state index contributed by atoms with van der Waals surface area (Å²) in [6.07, 6.45) is 1.64. The summed E-state index contributed by atoms with van der Waals surface area (Å²) in [4.78, 5) is 25.2. The highest BCUT2D eigenvalue weighted by molar-refractivity contribution is 6.15. The molecular weight excluding hydrogens is 396 g/mol. The Morgan fingerprint density at radius 3 is 2.32 bits per heavy atom. The fraction of sp³-hybridized carbons (Fsp3) is 0.120. The Labute approximate surface area is 179 Å². The van der Waals surface area contributed by atoms with Gasteiger partial charge in [0, 0.05) is 5.56 Å². The molecule has 0 radical (unpaired) electrons. The number of Topliss-reactive ketones (excluding diaryl/α,β-unsaturated/α-hetero) is 1. The van der Waals surface area contributed by atoms with Crippen LogP contribution in [-0.2, 0) is 0 Å². The summed E-state index contributed by atoms with van der Waals surface area (Å²) in [5, 5.41) is 0. The summed E-state index contributed by atoms with van der Waals surface area (Å²) in [5.41, 5.74) is 2.16. The third-order valence-corrected chi connectivity index (χ3v) is 4.95. The number of ketones is 1. The van der Waals surface area contributed by atoms with Gasteiger partial charge in [0.2, 0.25) is 5.78 Å². The highest BCUT2D eigenvalue weighted by Gasteiger charge is 2.30. The van der Waals surface area contributed by atoms with E-state index in [1.807, 2.05) is 6.07 Å². The van der Waals surface area contributed by atoms with E-state index < -0.39 is 5.97 Å². The number of allylic oxidation sites excluding steroid dienone is 1. The van der Waals surface area contributed by atoms with Crippen molar-refractivity contribution in [3.8, 4) is 23.0 Å². The van der Waals surface area contributed by atoms with Crippen LogP contribution in [-0.4, -0.2) is 26.0 Å². The molecular formula is C25H20O6. The Balaban J connectivity index is 1.61. The molecule has 0 atom stereocenters. The summed E-state index contributed by atoms with van der Waals surface area (Å²) in [7, 11) is 3.10. The van der Waals surface area contributed by atoms with Crippen LogP contribution >= 0.6 is 0 Å². The average Bonchev–Trinajstić information content (AvgIpc) is 3.12. The molecule has 0 fully saturated rings. The van der Waals surface area contributed by atoms with E-state index >= 15 is 0 Å². The number of methoxy groups -OCH3 is 2. The number of hydrogen-bond acceptors (Lipinski definition) is 6. The second kappa shape index (κ2) is 8.36. The van der Waals surface area contributed by atoms with Crippen molar-refractivity contribution in [1.29, 1.82) is 0 Å². The van der Waals surface area contributed by atoms with Gasteiger partial charge in [0.25, 0.3) is 0 Å². The van der Waals surface area contributed by atoms with Gasteiger partial charge in [-0.05, 0) is 55.0 Å². The maximum Gasteiger partial charge on any atom is 0.343 e. The van der Waals surface area contributed by atoms with Crippen molar-refractivity contribution in [2.45, 2.75) is 6.92 Å². The van der Waals surface area contributed by atoms with Crippen LogP contribution in [0.4, 0.5) is 0 Å². The van der Waals surface area contributed by atoms with Crippen LogP contribution in [0.3, 0.4) is 0 Å². The Bertz CT molecular complexity index is 1190. The molecule has 0 saturated heterocycles. The molecule has 0 unspecified atom stereocenters. The lowest BCUT2D eigenvalue weighted by Crippen LogP contribution is -2.09. The molecule has 1 aliphatic rings. The van der Waals surface area contributed by atoms with Crippen LogP contribution in [0.5, 0.6) is 23.0 Å². The number of carbonyl (C=O) groups is 2. The summed E-state index contributed by atoms with van der Waals surface area (Å²) in [6.45, 7) is 1.75. The SMILES string of the molecule is COc1ccc(/C=C2\Oc3c(ccc(OC(=O)c4ccccc4)c3C)C2=O)cc1OC. The quantitative estimate of drug-likeness (QED) is 0.336. The van der Waals surface area contributed by atoms with Gasteiger partial charge in [-0.1, -0.05) is 24.3 Å². The normalized spacial score (nSPS) is 13.5. The number of esters is 1. The van der Waals surface area contributed by atoms with Gasteiger partial charge in [-0.2, -0.15) is 0 Å². The molecule has 3 aromatic carbocycles. The molecule has 0 aromatic heterocycles. The summed E-state index contributed by atoms with van der Waals surface area (Å²) in [6, 6.07) is 17.2. The molecule has 6 heteroatoms. The summed E-state index contributed by atoms with van der Waals surface area (Å²) in [5.74, 6) is 1.32. The van der Waals surface area contributed by atoms with Crippen molar-refractivity contribution in [1.82, 2.24) is 0 Å². The van der Waals surface area contributed by atoms with Crippen LogP contribution in [0.25, 0.3) is 6.08 Å². The monoisotopic (exact) mass is 416 g/mol. The zero-order valence-corrected chi connectivity index (χ0v) is 17.3. The third kappa shape index (κ3) is 3.88. The Morgan fingerprint density at radius 1 is 0.903 bits per heavy atom. The van der Waals surface area contributed by atoms with Crippen molar-refractivity contribution in [3.63, 3.8) is 0 Å². The van der Waals surface area contributed by atoms with Crippen LogP contribution < -0.4 is 18.9 Å². The van der Waals surface area contributed by atoms with E-state index in [1.54, 1.807) is 81.8 Å². The lowest BCUT2D eigenvalue weighted by molar-refractivity contribution is 0.0733. The third-order valence-electron chi connectivity index (χ3n) is 4.95. The fourth-order valence-electron chi connectivity index (χ4n) is 3.31. The maximum atomic E-state index is 12.8. The molecule has 0 saturated carbocycles. The minimum atomic E-state index is -0.478. The fourth-order valence-corrected chi connectivity index (χ4v) is 3.31. The van der Waals surface area contributed by atoms with Gasteiger partial charge in [0.15, 0.2) is 17.3 Å². The molecule has 1 heterocycles. The molecule has 156 valence electrons. The molecule has 0 bridgehead atoms. The van der Waals surface area contributed by atoms with Crippen molar-refractivity contribution >= 4 is 17.8 Å². The predicted molar refractivity (Wildman–Crippen MR) is 115 cm³/mol. The minimum absolute atomic E-state index is 0.178. The Hall–Kier alpha value is -4.06. The molecule has 1 aliphatic heterocycles. The maximum absolute atomic E-state index is 12.8. The van der Waals surface area contributed by atoms with Gasteiger partial charge in [0.1, 0.15) is 11.5 Å². The molecule has 0 aliphatic carbocycles. The van der Waals surface area contributed by atoms with Gasteiger partial charge in [-0.15, -0.1) is 0 Å². The van der Waals surface area contributed by atoms with Crippen LogP contribution in [0, 0.1) is 6.92 Å². The van der Waals surface area contributed by atoms with Crippen molar-refractivity contribution in [2.24, 2.45) is 0 Å². The second-order valence-electron chi connectivity index (χ2n) is 6.88. The molecule has 6 nitrogen and oxygen atoms in total. The second-order valence-corrected chi connectivity index (χ2v) is 6.88. The predicted octanol–water partition coefficient (Wildman–Crippen LogP) is 4.85. The number of benzene rings is 3. The van der Waals surface area contributed by atoms with E-state index in [1.165, 1.54) is 0 Å². The number of ether oxygens (including phenoxy) is 4. The average molecular weight is 416 g/mol. The first-order valence-corrected chi connectivity index (χ1v) is 9.59. The van der Waals surface area contributed by atoms with Crippen LogP contribution in [0.2, 0.25) is 0 Å². The molecule has 0 amide bonds. The smallest absolute Gasteiger partial charge is 0.343 e. The van der Waals surface area contributed by atoms with Gasteiger partial charge < -0.3 is 18.9 Å². The van der Waals surface area contributed by atoms with Gasteiger partial charge in [-0.25, -0.2) is 4.79 Å². The Morgan fingerprint density at radius 2 is 1.61 bits per heavy atom. The standard InChI is InChI=1S/C25H20O6/c1-15-19(31-25(27)17-7-5-4-6-8-17)12-10-18-23(26)22(30-24(15)18)14-16-9-11-20(28-2)21(13-16)29-3/h4-14H,1-3H3/b22-14-. The van der Waals surface area contributed by atoms with Crippen molar-refractivity contribution < 1.29 is 28.5 Å². The number of hydrogen-bond donors (Lipinski definition) is 0.